The number of esters is 1. The minimum atomic E-state index is -4.70. The lowest BCUT2D eigenvalue weighted by atomic mass is 10.1. The molecule has 0 saturated heterocycles. The summed E-state index contributed by atoms with van der Waals surface area (Å²) in [5.41, 5.74) is -0.242. The predicted octanol–water partition coefficient (Wildman–Crippen LogP) is 4.94. The summed E-state index contributed by atoms with van der Waals surface area (Å²) in [4.78, 5) is 23.2. The molecule has 1 atom stereocenters. The second-order valence-corrected chi connectivity index (χ2v) is 15.8. The quantitative estimate of drug-likeness (QED) is 0.0381. The van der Waals surface area contributed by atoms with Gasteiger partial charge < -0.3 is 33.2 Å². The molecule has 1 unspecified atom stereocenters. The number of rotatable bonds is 20. The lowest BCUT2D eigenvalue weighted by Gasteiger charge is -2.26. The molecule has 4 aromatic carbocycles. The summed E-state index contributed by atoms with van der Waals surface area (Å²) in [6.07, 6.45) is 0.0377. The van der Waals surface area contributed by atoms with Gasteiger partial charge in [-0.1, -0.05) is 54.8 Å². The van der Waals surface area contributed by atoms with E-state index in [0.717, 1.165) is 20.7 Å². The van der Waals surface area contributed by atoms with Crippen molar-refractivity contribution in [3.63, 3.8) is 0 Å². The molecule has 0 heterocycles. The molecule has 0 amide bonds. The largest absolute Gasteiger partial charge is 0.496 e. The first kappa shape index (κ1) is 45.4. The third-order valence-electron chi connectivity index (χ3n) is 8.65. The number of benzene rings is 4. The Balaban J connectivity index is 1.82. The van der Waals surface area contributed by atoms with E-state index in [2.05, 4.69) is 18.4 Å². The van der Waals surface area contributed by atoms with Crippen LogP contribution in [-0.2, 0) is 31.3 Å². The molecule has 4 aromatic rings. The van der Waals surface area contributed by atoms with Crippen LogP contribution in [0, 0.1) is 22.0 Å². The highest BCUT2D eigenvalue weighted by Crippen LogP contribution is 2.40. The number of carbonyl (C=O) groups is 1. The van der Waals surface area contributed by atoms with Gasteiger partial charge in [-0.15, -0.1) is 0 Å². The van der Waals surface area contributed by atoms with Gasteiger partial charge in [0, 0.05) is 36.9 Å². The molecule has 0 spiro atoms. The van der Waals surface area contributed by atoms with Crippen LogP contribution in [0.5, 0.6) is 34.5 Å². The van der Waals surface area contributed by atoms with E-state index in [0.29, 0.717) is 5.75 Å². The van der Waals surface area contributed by atoms with Gasteiger partial charge in [0.25, 0.3) is 25.7 Å². The zero-order chi connectivity index (χ0) is 43.3. The first-order valence-electron chi connectivity index (χ1n) is 17.4. The van der Waals surface area contributed by atoms with Crippen LogP contribution < -0.4 is 28.4 Å². The summed E-state index contributed by atoms with van der Waals surface area (Å²) in [5, 5.41) is 12.0. The number of hydrogen-bond donors (Lipinski definition) is 0. The van der Waals surface area contributed by atoms with Gasteiger partial charge in [0.2, 0.25) is 0 Å². The van der Waals surface area contributed by atoms with Crippen LogP contribution in [0.25, 0.3) is 0 Å². The number of hydrogen-bond acceptors (Lipinski definition) is 14. The second kappa shape index (κ2) is 20.4. The zero-order valence-corrected chi connectivity index (χ0v) is 34.7. The van der Waals surface area contributed by atoms with Crippen molar-refractivity contribution in [3.05, 3.63) is 113 Å². The van der Waals surface area contributed by atoms with E-state index in [1.54, 1.807) is 18.2 Å². The molecule has 0 fully saturated rings. The Labute approximate surface area is 342 Å². The molecule has 314 valence electrons. The average Bonchev–Trinajstić information content (AvgIpc) is 3.25. The number of ether oxygens (including phenoxy) is 7. The fourth-order valence-corrected chi connectivity index (χ4v) is 8.73. The lowest BCUT2D eigenvalue weighted by Crippen LogP contribution is -2.39. The van der Waals surface area contributed by atoms with Gasteiger partial charge in [-0.05, 0) is 18.2 Å². The van der Waals surface area contributed by atoms with E-state index in [-0.39, 0.29) is 39.9 Å². The minimum absolute atomic E-state index is 0.139. The smallest absolute Gasteiger partial charge is 0.338 e. The first-order valence-corrected chi connectivity index (χ1v) is 20.2. The number of carbonyl (C=O) groups excluding carboxylic acids is 1. The molecule has 0 bridgehead atoms. The predicted molar refractivity (Wildman–Crippen MR) is 215 cm³/mol. The highest BCUT2D eigenvalue weighted by atomic mass is 32.2. The van der Waals surface area contributed by atoms with Gasteiger partial charge >= 0.3 is 5.97 Å². The molecule has 4 rings (SSSR count). The number of methoxy groups -OCH3 is 6. The van der Waals surface area contributed by atoms with E-state index in [1.165, 1.54) is 97.3 Å². The third kappa shape index (κ3) is 10.6. The molecular formula is C40H43N3O14S2. The molecule has 0 aromatic heterocycles. The fourth-order valence-electron chi connectivity index (χ4n) is 5.63. The Morgan fingerprint density at radius 3 is 1.71 bits per heavy atom. The SMILES string of the molecule is C=CC(CN(CC#CCN(Cc1c(OC)cc(OC)cc1OC)S(=O)(=O)c1ccccc1[N+](=O)[O-])S(=O)(=O)c1c(OC)cc(OC)cc1OC)OC(=O)c1ccccc1. The van der Waals surface area contributed by atoms with Gasteiger partial charge in [-0.2, -0.15) is 8.61 Å². The topological polar surface area (TPSA) is 200 Å². The van der Waals surface area contributed by atoms with Gasteiger partial charge in [0.15, 0.2) is 9.79 Å². The monoisotopic (exact) mass is 853 g/mol. The maximum absolute atomic E-state index is 14.6. The van der Waals surface area contributed by atoms with Crippen molar-refractivity contribution >= 4 is 31.7 Å². The molecule has 59 heavy (non-hydrogen) atoms. The molecular weight excluding hydrogens is 811 g/mol. The van der Waals surface area contributed by atoms with Gasteiger partial charge in [-0.25, -0.2) is 21.6 Å². The van der Waals surface area contributed by atoms with Crippen molar-refractivity contribution in [2.45, 2.75) is 22.4 Å². The summed E-state index contributed by atoms with van der Waals surface area (Å²) in [7, 11) is -1.33. The van der Waals surface area contributed by atoms with Crippen molar-refractivity contribution in [2.24, 2.45) is 0 Å². The number of nitro groups is 1. The molecule has 19 heteroatoms. The first-order chi connectivity index (χ1) is 28.2. The maximum Gasteiger partial charge on any atom is 0.338 e. The van der Waals surface area contributed by atoms with Crippen molar-refractivity contribution in [3.8, 4) is 46.3 Å². The Hall–Kier alpha value is -6.33. The number of nitrogens with zero attached hydrogens (tertiary/aromatic N) is 3. The van der Waals surface area contributed by atoms with Crippen molar-refractivity contribution in [1.29, 1.82) is 0 Å². The second-order valence-electron chi connectivity index (χ2n) is 12.1. The highest BCUT2D eigenvalue weighted by molar-refractivity contribution is 7.89. The minimum Gasteiger partial charge on any atom is -0.496 e. The average molecular weight is 854 g/mol. The van der Waals surface area contributed by atoms with Gasteiger partial charge in [0.05, 0.1) is 78.3 Å². The molecule has 0 aliphatic heterocycles. The van der Waals surface area contributed by atoms with Crippen LogP contribution in [-0.4, -0.2) is 105 Å². The Kier molecular flexibility index (Phi) is 15.7. The van der Waals surface area contributed by atoms with Crippen molar-refractivity contribution in [1.82, 2.24) is 8.61 Å². The zero-order valence-electron chi connectivity index (χ0n) is 33.1. The summed E-state index contributed by atoms with van der Waals surface area (Å²) in [5.74, 6) is 5.33. The molecule has 0 N–H and O–H groups in total. The Bertz CT molecular complexity index is 2380. The number of para-hydroxylation sites is 1. The molecule has 0 radical (unpaired) electrons. The van der Waals surface area contributed by atoms with E-state index in [1.807, 2.05) is 0 Å². The van der Waals surface area contributed by atoms with E-state index >= 15 is 0 Å². The van der Waals surface area contributed by atoms with Crippen LogP contribution in [0.1, 0.15) is 15.9 Å². The molecule has 0 aliphatic carbocycles. The normalized spacial score (nSPS) is 11.8. The standard InChI is InChI=1S/C40H43N3O14S2/c1-8-29(57-40(44)28-16-10-9-11-17-28)26-41(59(49,50)39-36(55-6)24-31(52-3)25-37(39)56-7)20-14-15-21-42(58(47,48)38-19-13-12-18-33(38)43(45)46)27-32-34(53-4)22-30(51-2)23-35(32)54-5/h8-13,16-19,22-25,29H,1,20-21,26-27H2,2-7H3. The fraction of sp³-hybridized carbons (Fsp3) is 0.275. The highest BCUT2D eigenvalue weighted by Gasteiger charge is 2.35. The third-order valence-corrected chi connectivity index (χ3v) is 12.4. The van der Waals surface area contributed by atoms with Gasteiger partial charge in [0.1, 0.15) is 40.6 Å². The van der Waals surface area contributed by atoms with E-state index in [4.69, 9.17) is 33.2 Å². The molecule has 0 saturated carbocycles. The summed E-state index contributed by atoms with van der Waals surface area (Å²) in [6.45, 7) is 1.56. The Morgan fingerprint density at radius 1 is 0.729 bits per heavy atom. The Morgan fingerprint density at radius 2 is 1.22 bits per heavy atom. The summed E-state index contributed by atoms with van der Waals surface area (Å²) in [6, 6.07) is 18.5. The van der Waals surface area contributed by atoms with Crippen LogP contribution in [0.3, 0.4) is 0 Å². The molecule has 17 nitrogen and oxygen atoms in total. The number of nitro benzene ring substituents is 1. The number of sulfonamides is 2. The van der Waals surface area contributed by atoms with Gasteiger partial charge in [-0.3, -0.25) is 10.1 Å². The van der Waals surface area contributed by atoms with Crippen LogP contribution in [0.2, 0.25) is 0 Å². The molecule has 0 aliphatic rings. The van der Waals surface area contributed by atoms with Crippen molar-refractivity contribution in [2.75, 3.05) is 62.3 Å². The van der Waals surface area contributed by atoms with E-state index < -0.39 is 78.7 Å². The van der Waals surface area contributed by atoms with E-state index in [9.17, 15) is 31.7 Å². The summed E-state index contributed by atoms with van der Waals surface area (Å²) < 4.78 is 97.7. The van der Waals surface area contributed by atoms with Crippen LogP contribution in [0.4, 0.5) is 5.69 Å². The van der Waals surface area contributed by atoms with Crippen LogP contribution >= 0.6 is 0 Å². The van der Waals surface area contributed by atoms with Crippen molar-refractivity contribution < 1.29 is 59.7 Å². The summed E-state index contributed by atoms with van der Waals surface area (Å²) >= 11 is 0. The van der Waals surface area contributed by atoms with Crippen LogP contribution in [0.15, 0.2) is 101 Å². The lowest BCUT2D eigenvalue weighted by molar-refractivity contribution is -0.387. The maximum atomic E-state index is 14.6.